The molecule has 0 aliphatic carbocycles. The third-order valence-electron chi connectivity index (χ3n) is 4.58. The third kappa shape index (κ3) is 6.77. The molecule has 0 unspecified atom stereocenters. The van der Waals surface area contributed by atoms with Crippen LogP contribution in [0.2, 0.25) is 0 Å². The zero-order chi connectivity index (χ0) is 17.9. The molecule has 0 bridgehead atoms. The van der Waals surface area contributed by atoms with Crippen LogP contribution in [0.3, 0.4) is 0 Å². The standard InChI is InChI=1S/C20H32N4O/c1-3-21-20(23-16-18-11-7-6-10-17(18)2)22-13-9-15-24-14-8-4-5-12-19(24)25/h6-7,10-11H,3-5,8-9,12-16H2,1-2H3,(H2,21,22,23). The molecule has 5 heteroatoms. The summed E-state index contributed by atoms with van der Waals surface area (Å²) >= 11 is 0. The molecule has 1 amide bonds. The first-order valence-electron chi connectivity index (χ1n) is 9.55. The van der Waals surface area contributed by atoms with Crippen molar-refractivity contribution in [1.29, 1.82) is 0 Å². The Hall–Kier alpha value is -2.04. The maximum absolute atomic E-state index is 12.0. The summed E-state index contributed by atoms with van der Waals surface area (Å²) < 4.78 is 0. The Bertz CT molecular complexity index is 571. The molecule has 5 nitrogen and oxygen atoms in total. The van der Waals surface area contributed by atoms with E-state index in [4.69, 9.17) is 0 Å². The summed E-state index contributed by atoms with van der Waals surface area (Å²) in [7, 11) is 0. The number of aryl methyl sites for hydroxylation is 1. The minimum atomic E-state index is 0.317. The van der Waals surface area contributed by atoms with Gasteiger partial charge in [0.25, 0.3) is 0 Å². The van der Waals surface area contributed by atoms with Crippen molar-refractivity contribution in [2.24, 2.45) is 4.99 Å². The van der Waals surface area contributed by atoms with E-state index < -0.39 is 0 Å². The molecule has 0 atom stereocenters. The summed E-state index contributed by atoms with van der Waals surface area (Å²) in [5.74, 6) is 1.16. The fraction of sp³-hybridized carbons (Fsp3) is 0.600. The Labute approximate surface area is 151 Å². The molecule has 1 aliphatic rings. The summed E-state index contributed by atoms with van der Waals surface area (Å²) in [6, 6.07) is 8.34. The molecule has 0 aromatic heterocycles. The highest BCUT2D eigenvalue weighted by Crippen LogP contribution is 2.11. The van der Waals surface area contributed by atoms with Crippen LogP contribution in [0.1, 0.15) is 50.2 Å². The first-order chi connectivity index (χ1) is 12.2. The number of carbonyl (C=O) groups excluding carboxylic acids is 1. The topological polar surface area (TPSA) is 56.7 Å². The second-order valence-corrected chi connectivity index (χ2v) is 6.59. The van der Waals surface area contributed by atoms with Crippen molar-refractivity contribution >= 4 is 11.9 Å². The van der Waals surface area contributed by atoms with Crippen LogP contribution in [-0.4, -0.2) is 42.9 Å². The van der Waals surface area contributed by atoms with Crippen LogP contribution >= 0.6 is 0 Å². The van der Waals surface area contributed by atoms with E-state index in [1.165, 1.54) is 17.5 Å². The number of amides is 1. The lowest BCUT2D eigenvalue weighted by molar-refractivity contribution is -0.130. The van der Waals surface area contributed by atoms with E-state index in [1.807, 2.05) is 4.90 Å². The molecule has 1 aromatic rings. The Morgan fingerprint density at radius 2 is 2.04 bits per heavy atom. The number of nitrogens with zero attached hydrogens (tertiary/aromatic N) is 2. The number of guanidine groups is 1. The van der Waals surface area contributed by atoms with Crippen molar-refractivity contribution in [3.63, 3.8) is 0 Å². The van der Waals surface area contributed by atoms with Crippen LogP contribution in [0.15, 0.2) is 29.3 Å². The minimum Gasteiger partial charge on any atom is -0.357 e. The van der Waals surface area contributed by atoms with E-state index >= 15 is 0 Å². The number of rotatable bonds is 7. The van der Waals surface area contributed by atoms with Gasteiger partial charge >= 0.3 is 0 Å². The number of nitrogens with one attached hydrogen (secondary N) is 2. The van der Waals surface area contributed by atoms with Gasteiger partial charge in [-0.3, -0.25) is 4.79 Å². The highest BCUT2D eigenvalue weighted by atomic mass is 16.2. The van der Waals surface area contributed by atoms with Crippen molar-refractivity contribution in [2.75, 3.05) is 26.2 Å². The van der Waals surface area contributed by atoms with Gasteiger partial charge in [0.1, 0.15) is 0 Å². The van der Waals surface area contributed by atoms with Crippen LogP contribution < -0.4 is 10.6 Å². The highest BCUT2D eigenvalue weighted by Gasteiger charge is 2.15. The largest absolute Gasteiger partial charge is 0.357 e. The monoisotopic (exact) mass is 344 g/mol. The van der Waals surface area contributed by atoms with Crippen molar-refractivity contribution < 1.29 is 4.79 Å². The fourth-order valence-electron chi connectivity index (χ4n) is 3.05. The van der Waals surface area contributed by atoms with Gasteiger partial charge in [-0.2, -0.15) is 0 Å². The Kier molecular flexibility index (Phi) is 8.29. The first kappa shape index (κ1) is 19.3. The number of hydrogen-bond donors (Lipinski definition) is 2. The molecule has 0 radical (unpaired) electrons. The molecule has 1 saturated heterocycles. The summed E-state index contributed by atoms with van der Waals surface area (Å²) in [5.41, 5.74) is 2.51. The molecule has 2 rings (SSSR count). The molecule has 138 valence electrons. The predicted octanol–water partition coefficient (Wildman–Crippen LogP) is 2.84. The van der Waals surface area contributed by atoms with Gasteiger partial charge in [0.2, 0.25) is 5.91 Å². The van der Waals surface area contributed by atoms with Crippen LogP contribution in [0.5, 0.6) is 0 Å². The molecule has 25 heavy (non-hydrogen) atoms. The lowest BCUT2D eigenvalue weighted by Gasteiger charge is -2.20. The van der Waals surface area contributed by atoms with Crippen LogP contribution in [-0.2, 0) is 11.3 Å². The number of aliphatic imine (C=N–C) groups is 1. The van der Waals surface area contributed by atoms with Crippen molar-refractivity contribution in [3.05, 3.63) is 35.4 Å². The second-order valence-electron chi connectivity index (χ2n) is 6.59. The number of likely N-dealkylation sites (tertiary alicyclic amines) is 1. The first-order valence-corrected chi connectivity index (χ1v) is 9.55. The van der Waals surface area contributed by atoms with E-state index in [2.05, 4.69) is 53.7 Å². The van der Waals surface area contributed by atoms with Gasteiger partial charge in [0.05, 0.1) is 6.54 Å². The van der Waals surface area contributed by atoms with Crippen LogP contribution in [0, 0.1) is 6.92 Å². The lowest BCUT2D eigenvalue weighted by atomic mass is 10.1. The van der Waals surface area contributed by atoms with Crippen molar-refractivity contribution in [3.8, 4) is 0 Å². The zero-order valence-corrected chi connectivity index (χ0v) is 15.7. The molecule has 1 aromatic carbocycles. The Balaban J connectivity index is 1.78. The Morgan fingerprint density at radius 3 is 2.84 bits per heavy atom. The van der Waals surface area contributed by atoms with Gasteiger partial charge in [-0.15, -0.1) is 0 Å². The van der Waals surface area contributed by atoms with E-state index in [0.717, 1.165) is 51.4 Å². The lowest BCUT2D eigenvalue weighted by Crippen LogP contribution is -2.39. The van der Waals surface area contributed by atoms with E-state index in [-0.39, 0.29) is 0 Å². The summed E-state index contributed by atoms with van der Waals surface area (Å²) in [5, 5.41) is 6.67. The number of hydrogen-bond acceptors (Lipinski definition) is 2. The van der Waals surface area contributed by atoms with E-state index in [9.17, 15) is 4.79 Å². The zero-order valence-electron chi connectivity index (χ0n) is 15.7. The summed E-state index contributed by atoms with van der Waals surface area (Å²) in [6.45, 7) is 8.27. The molecule has 2 N–H and O–H groups in total. The van der Waals surface area contributed by atoms with Crippen molar-refractivity contribution in [2.45, 2.75) is 52.5 Å². The smallest absolute Gasteiger partial charge is 0.222 e. The molecule has 1 aliphatic heterocycles. The quantitative estimate of drug-likeness (QED) is 0.454. The maximum Gasteiger partial charge on any atom is 0.222 e. The van der Waals surface area contributed by atoms with Gasteiger partial charge in [0.15, 0.2) is 5.96 Å². The minimum absolute atomic E-state index is 0.317. The van der Waals surface area contributed by atoms with E-state index in [1.54, 1.807) is 0 Å². The molecular weight excluding hydrogens is 312 g/mol. The molecule has 0 spiro atoms. The number of benzene rings is 1. The molecule has 0 saturated carbocycles. The van der Waals surface area contributed by atoms with Gasteiger partial charge in [-0.1, -0.05) is 30.7 Å². The fourth-order valence-corrected chi connectivity index (χ4v) is 3.05. The average Bonchev–Trinajstić information content (AvgIpc) is 2.82. The Morgan fingerprint density at radius 1 is 1.20 bits per heavy atom. The highest BCUT2D eigenvalue weighted by molar-refractivity contribution is 5.79. The maximum atomic E-state index is 12.0. The van der Waals surface area contributed by atoms with Gasteiger partial charge in [-0.25, -0.2) is 4.99 Å². The van der Waals surface area contributed by atoms with Gasteiger partial charge in [0, 0.05) is 32.6 Å². The van der Waals surface area contributed by atoms with Gasteiger partial charge < -0.3 is 15.5 Å². The number of carbonyl (C=O) groups is 1. The van der Waals surface area contributed by atoms with Crippen molar-refractivity contribution in [1.82, 2.24) is 15.5 Å². The predicted molar refractivity (Wildman–Crippen MR) is 104 cm³/mol. The second kappa shape index (κ2) is 10.7. The van der Waals surface area contributed by atoms with Crippen LogP contribution in [0.25, 0.3) is 0 Å². The van der Waals surface area contributed by atoms with Gasteiger partial charge in [-0.05, 0) is 44.2 Å². The third-order valence-corrected chi connectivity index (χ3v) is 4.58. The summed E-state index contributed by atoms with van der Waals surface area (Å²) in [4.78, 5) is 18.7. The SMILES string of the molecule is CCNC(=NCc1ccccc1C)NCCCN1CCCCCC1=O. The summed E-state index contributed by atoms with van der Waals surface area (Å²) in [6.07, 6.45) is 5.02. The average molecular weight is 345 g/mol. The molecule has 1 fully saturated rings. The normalized spacial score (nSPS) is 15.8. The van der Waals surface area contributed by atoms with Crippen LogP contribution in [0.4, 0.5) is 0 Å². The molecular formula is C20H32N4O. The van der Waals surface area contributed by atoms with E-state index in [0.29, 0.717) is 18.9 Å². The molecule has 1 heterocycles.